The molecule has 0 saturated carbocycles. The van der Waals surface area contributed by atoms with E-state index in [9.17, 15) is 79.8 Å². The summed E-state index contributed by atoms with van der Waals surface area (Å²) in [5, 5.41) is 98.4. The second-order valence-electron chi connectivity index (χ2n) is 10.9. The van der Waals surface area contributed by atoms with Crippen LogP contribution in [0.4, 0.5) is 0 Å². The number of carbonyl (C=O) groups is 6. The van der Waals surface area contributed by atoms with Crippen molar-refractivity contribution in [3.05, 3.63) is 66.8 Å². The molecule has 10 N–H and O–H groups in total. The van der Waals surface area contributed by atoms with Crippen LogP contribution in [0.15, 0.2) is 0 Å². The smallest absolute Gasteiger partial charge is 0.346 e. The number of carboxylic acids is 4. The van der Waals surface area contributed by atoms with Gasteiger partial charge in [-0.05, 0) is 91.2 Å². The molecule has 0 radical (unpaired) electrons. The number of aliphatic hydroxyl groups is 6. The van der Waals surface area contributed by atoms with Crippen molar-refractivity contribution in [2.45, 2.75) is 57.8 Å². The molecule has 0 heterocycles. The van der Waals surface area contributed by atoms with Crippen LogP contribution in [0.25, 0.3) is 0 Å². The molecule has 17 heteroatoms. The van der Waals surface area contributed by atoms with Crippen molar-refractivity contribution in [2.75, 3.05) is 39.6 Å². The van der Waals surface area contributed by atoms with E-state index in [4.69, 9.17) is 4.74 Å². The second-order valence-corrected chi connectivity index (χ2v) is 10.9. The number of carboxylic acid groups (broad SMARTS) is 4. The molecule has 17 nitrogen and oxygen atoms in total. The maximum Gasteiger partial charge on any atom is 0.346 e. The molecule has 0 saturated heterocycles. The number of rotatable bonds is 21. The number of aromatic carboxylic acids is 4. The van der Waals surface area contributed by atoms with Crippen molar-refractivity contribution in [1.29, 1.82) is 0 Å². The Morgan fingerprint density at radius 1 is 0.340 bits per heavy atom. The third-order valence-corrected chi connectivity index (χ3v) is 7.93. The fourth-order valence-electron chi connectivity index (χ4n) is 6.15. The van der Waals surface area contributed by atoms with Crippen LogP contribution in [0.5, 0.6) is 0 Å². The van der Waals surface area contributed by atoms with Gasteiger partial charge in [-0.3, -0.25) is 0 Å². The maximum absolute atomic E-state index is 14.1. The lowest BCUT2D eigenvalue weighted by Crippen LogP contribution is -2.27. The summed E-state index contributed by atoms with van der Waals surface area (Å²) in [5.74, 6) is -10.2. The molecule has 50 heavy (non-hydrogen) atoms. The third-order valence-electron chi connectivity index (χ3n) is 7.93. The Kier molecular flexibility index (Phi) is 16.1. The average molecular weight is 709 g/mol. The van der Waals surface area contributed by atoms with E-state index in [2.05, 4.69) is 0 Å². The Labute approximate surface area is 284 Å². The van der Waals surface area contributed by atoms with Crippen molar-refractivity contribution in [3.8, 4) is 0 Å². The van der Waals surface area contributed by atoms with Crippen LogP contribution in [0, 0.1) is 0 Å². The predicted octanol–water partition coefficient (Wildman–Crippen LogP) is -0.144. The fraction of sp³-hybridized carbons (Fsp3) is 0.455. The van der Waals surface area contributed by atoms with Crippen LogP contribution in [0.2, 0.25) is 0 Å². The Balaban J connectivity index is 3.14. The maximum atomic E-state index is 14.1. The topological polar surface area (TPSA) is 314 Å². The quantitative estimate of drug-likeness (QED) is 0.0595. The van der Waals surface area contributed by atoms with Crippen molar-refractivity contribution in [2.24, 2.45) is 0 Å². The van der Waals surface area contributed by atoms with Crippen molar-refractivity contribution < 1.29 is 84.6 Å². The summed E-state index contributed by atoms with van der Waals surface area (Å²) in [6, 6.07) is 0. The van der Waals surface area contributed by atoms with Gasteiger partial charge < -0.3 is 55.8 Å². The number of ether oxygens (including phenoxy) is 1. The van der Waals surface area contributed by atoms with Gasteiger partial charge >= 0.3 is 35.8 Å². The van der Waals surface area contributed by atoms with Crippen LogP contribution >= 0.6 is 0 Å². The highest BCUT2D eigenvalue weighted by atomic mass is 16.6. The number of aliphatic hydroxyl groups excluding tert-OH is 6. The van der Waals surface area contributed by atoms with E-state index in [1.165, 1.54) is 0 Å². The Morgan fingerprint density at radius 2 is 0.580 bits per heavy atom. The minimum atomic E-state index is -1.84. The number of carbonyl (C=O) groups excluding carboxylic acids is 2. The molecule has 0 amide bonds. The zero-order chi connectivity index (χ0) is 37.7. The Morgan fingerprint density at radius 3 is 0.900 bits per heavy atom. The first kappa shape index (κ1) is 41.4. The summed E-state index contributed by atoms with van der Waals surface area (Å²) < 4.78 is 5.24. The van der Waals surface area contributed by atoms with Gasteiger partial charge in [0.1, 0.15) is 0 Å². The van der Waals surface area contributed by atoms with Crippen LogP contribution in [0.1, 0.15) is 115 Å². The first-order valence-electron chi connectivity index (χ1n) is 15.5. The molecule has 0 aliphatic heterocycles. The molecule has 0 aliphatic rings. The largest absolute Gasteiger partial charge is 0.478 e. The van der Waals surface area contributed by atoms with Crippen LogP contribution in [-0.2, 0) is 43.3 Å². The number of hydrogen-bond acceptors (Lipinski definition) is 13. The number of hydrogen-bond donors (Lipinski definition) is 10. The fourth-order valence-corrected chi connectivity index (χ4v) is 6.15. The predicted molar refractivity (Wildman–Crippen MR) is 169 cm³/mol. The Hall–Kier alpha value is -4.78. The number of benzene rings is 2. The Bertz CT molecular complexity index is 1630. The lowest BCUT2D eigenvalue weighted by atomic mass is 9.81. The summed E-state index contributed by atoms with van der Waals surface area (Å²) in [5.41, 5.74) is -6.63. The first-order valence-corrected chi connectivity index (χ1v) is 15.5. The van der Waals surface area contributed by atoms with Gasteiger partial charge in [-0.2, -0.15) is 0 Å². The minimum Gasteiger partial charge on any atom is -0.478 e. The molecule has 0 aliphatic carbocycles. The van der Waals surface area contributed by atoms with E-state index in [0.29, 0.717) is 0 Å². The molecule has 0 aromatic heterocycles. The summed E-state index contributed by atoms with van der Waals surface area (Å²) in [6.45, 7) is -3.78. The molecule has 0 bridgehead atoms. The molecular weight excluding hydrogens is 668 g/mol. The lowest BCUT2D eigenvalue weighted by Gasteiger charge is -2.24. The zero-order valence-corrected chi connectivity index (χ0v) is 26.9. The van der Waals surface area contributed by atoms with Crippen LogP contribution in [-0.4, -0.2) is 127 Å². The van der Waals surface area contributed by atoms with E-state index in [0.717, 1.165) is 0 Å². The van der Waals surface area contributed by atoms with E-state index in [1.807, 2.05) is 0 Å². The van der Waals surface area contributed by atoms with E-state index >= 15 is 0 Å². The highest BCUT2D eigenvalue weighted by Crippen LogP contribution is 2.35. The SMILES string of the molecule is O=C(OC(=O)c1c(CCCO)c(CCCO)c(C(=O)O)c(C(=O)O)c1CCCO)c1c(CCO)c(CCO)c(C(=O)O)c(C(=O)O)c1CCO. The average Bonchev–Trinajstić information content (AvgIpc) is 3.05. The highest BCUT2D eigenvalue weighted by Gasteiger charge is 2.37. The van der Waals surface area contributed by atoms with Crippen molar-refractivity contribution in [3.63, 3.8) is 0 Å². The van der Waals surface area contributed by atoms with E-state index < -0.39 is 146 Å². The molecule has 0 spiro atoms. The second kappa shape index (κ2) is 19.4. The third kappa shape index (κ3) is 9.06. The van der Waals surface area contributed by atoms with Gasteiger partial charge in [0.05, 0.1) is 33.4 Å². The monoisotopic (exact) mass is 708 g/mol. The normalized spacial score (nSPS) is 11.0. The molecule has 274 valence electrons. The molecule has 0 unspecified atom stereocenters. The molecule has 2 rings (SSSR count). The van der Waals surface area contributed by atoms with Gasteiger partial charge in [0, 0.05) is 39.6 Å². The molecule has 2 aromatic rings. The minimum absolute atomic E-state index is 0.0876. The van der Waals surface area contributed by atoms with Crippen molar-refractivity contribution >= 4 is 35.8 Å². The molecule has 0 fully saturated rings. The molecule has 2 aromatic carbocycles. The van der Waals surface area contributed by atoms with Gasteiger partial charge in [0.2, 0.25) is 0 Å². The lowest BCUT2D eigenvalue weighted by molar-refractivity contribution is 0.0391. The van der Waals surface area contributed by atoms with Crippen LogP contribution in [0.3, 0.4) is 0 Å². The first-order chi connectivity index (χ1) is 23.8. The molecular formula is C33H40O17. The number of esters is 2. The standard InChI is InChI=1S/C33H40O17/c34-10-1-4-16-17(5-2-11-35)24(28(40)41)26(30(44)45)20(6-3-12-36)22(16)32(48)50-33(49)23-18(7-13-37)19(8-14-38)25(29(42)43)27(31(46)47)21(23)9-15-39/h34-39H,1-15H2,(H,40,41)(H,42,43)(H,44,45)(H,46,47). The molecule has 0 atom stereocenters. The van der Waals surface area contributed by atoms with Gasteiger partial charge in [-0.15, -0.1) is 0 Å². The zero-order valence-electron chi connectivity index (χ0n) is 26.9. The summed E-state index contributed by atoms with van der Waals surface area (Å²) in [7, 11) is 0. The summed E-state index contributed by atoms with van der Waals surface area (Å²) >= 11 is 0. The van der Waals surface area contributed by atoms with Gasteiger partial charge in [0.25, 0.3) is 0 Å². The summed E-state index contributed by atoms with van der Waals surface area (Å²) in [4.78, 5) is 78.0. The van der Waals surface area contributed by atoms with Crippen molar-refractivity contribution in [1.82, 2.24) is 0 Å². The summed E-state index contributed by atoms with van der Waals surface area (Å²) in [6.07, 6.45) is -2.96. The van der Waals surface area contributed by atoms with E-state index in [1.54, 1.807) is 0 Å². The van der Waals surface area contributed by atoms with Gasteiger partial charge in [-0.1, -0.05) is 0 Å². The van der Waals surface area contributed by atoms with Crippen LogP contribution < -0.4 is 0 Å². The highest BCUT2D eigenvalue weighted by molar-refractivity contribution is 6.12. The van der Waals surface area contributed by atoms with Gasteiger partial charge in [-0.25, -0.2) is 28.8 Å². The van der Waals surface area contributed by atoms with E-state index in [-0.39, 0.29) is 54.4 Å². The van der Waals surface area contributed by atoms with Gasteiger partial charge in [0.15, 0.2) is 0 Å².